The summed E-state index contributed by atoms with van der Waals surface area (Å²) in [6, 6.07) is 7.70. The van der Waals surface area contributed by atoms with Gasteiger partial charge in [0.1, 0.15) is 12.4 Å². The summed E-state index contributed by atoms with van der Waals surface area (Å²) in [4.78, 5) is 0. The Morgan fingerprint density at radius 3 is 2.72 bits per heavy atom. The summed E-state index contributed by atoms with van der Waals surface area (Å²) >= 11 is 5.96. The maximum Gasteiger partial charge on any atom is 0.158 e. The molecule has 1 aromatic heterocycles. The number of aliphatic hydroxyl groups is 1. The number of rotatable bonds is 5. The van der Waals surface area contributed by atoms with Gasteiger partial charge in [-0.1, -0.05) is 30.7 Å². The average Bonchev–Trinajstić information content (AvgIpc) is 2.72. The molecule has 96 valence electrons. The first kappa shape index (κ1) is 13.1. The first-order valence-electron chi connectivity index (χ1n) is 6.00. The van der Waals surface area contributed by atoms with E-state index in [2.05, 4.69) is 17.1 Å². The van der Waals surface area contributed by atoms with Gasteiger partial charge >= 0.3 is 0 Å². The summed E-state index contributed by atoms with van der Waals surface area (Å²) in [7, 11) is 0. The van der Waals surface area contributed by atoms with Gasteiger partial charge in [0.25, 0.3) is 0 Å². The Bertz CT molecular complexity index is 525. The lowest BCUT2D eigenvalue weighted by Gasteiger charge is -2.07. The molecule has 0 fully saturated rings. The quantitative estimate of drug-likeness (QED) is 0.903. The molecule has 2 rings (SSSR count). The predicted molar refractivity (Wildman–Crippen MR) is 70.5 cm³/mol. The maximum atomic E-state index is 9.22. The predicted octanol–water partition coefficient (Wildman–Crippen LogP) is 2.42. The molecule has 0 spiro atoms. The van der Waals surface area contributed by atoms with E-state index >= 15 is 0 Å². The van der Waals surface area contributed by atoms with Crippen molar-refractivity contribution in [3.8, 4) is 0 Å². The summed E-state index contributed by atoms with van der Waals surface area (Å²) in [6.45, 7) is 2.83. The van der Waals surface area contributed by atoms with Crippen molar-refractivity contribution in [3.63, 3.8) is 0 Å². The lowest BCUT2D eigenvalue weighted by molar-refractivity contribution is 0.264. The number of nitrogens with zero attached hydrogens (tertiary/aromatic N) is 3. The summed E-state index contributed by atoms with van der Waals surface area (Å²) in [5, 5.41) is 18.1. The zero-order valence-corrected chi connectivity index (χ0v) is 11.1. The van der Waals surface area contributed by atoms with E-state index in [4.69, 9.17) is 11.6 Å². The largest absolute Gasteiger partial charge is 0.388 e. The number of hydrogen-bond acceptors (Lipinski definition) is 3. The van der Waals surface area contributed by atoms with Crippen LogP contribution in [0.5, 0.6) is 0 Å². The molecular weight excluding hydrogens is 250 g/mol. The Balaban J connectivity index is 2.25. The number of aliphatic hydroxyl groups excluding tert-OH is 1. The zero-order chi connectivity index (χ0) is 13.0. The van der Waals surface area contributed by atoms with E-state index in [1.165, 1.54) is 0 Å². The van der Waals surface area contributed by atoms with Crippen LogP contribution in [0.2, 0.25) is 5.02 Å². The Morgan fingerprint density at radius 2 is 2.06 bits per heavy atom. The van der Waals surface area contributed by atoms with Gasteiger partial charge in [-0.15, -0.1) is 10.2 Å². The molecule has 0 aliphatic carbocycles. The SMILES string of the molecule is CCCn1c(CO)nnc1Cc1cccc(Cl)c1. The molecule has 0 saturated heterocycles. The molecule has 18 heavy (non-hydrogen) atoms. The molecule has 1 heterocycles. The lowest BCUT2D eigenvalue weighted by atomic mass is 10.1. The third kappa shape index (κ3) is 2.89. The monoisotopic (exact) mass is 265 g/mol. The van der Waals surface area contributed by atoms with E-state index in [1.54, 1.807) is 0 Å². The highest BCUT2D eigenvalue weighted by molar-refractivity contribution is 6.30. The van der Waals surface area contributed by atoms with E-state index in [0.29, 0.717) is 12.2 Å². The Morgan fingerprint density at radius 1 is 1.28 bits per heavy atom. The summed E-state index contributed by atoms with van der Waals surface area (Å²) in [5.41, 5.74) is 1.09. The Kier molecular flexibility index (Phi) is 4.33. The molecule has 0 unspecified atom stereocenters. The van der Waals surface area contributed by atoms with Gasteiger partial charge in [0.05, 0.1) is 0 Å². The van der Waals surface area contributed by atoms with Gasteiger partial charge in [-0.3, -0.25) is 0 Å². The van der Waals surface area contributed by atoms with Crippen molar-refractivity contribution in [2.45, 2.75) is 32.9 Å². The van der Waals surface area contributed by atoms with Crippen LogP contribution in [0.3, 0.4) is 0 Å². The van der Waals surface area contributed by atoms with Crippen molar-refractivity contribution < 1.29 is 5.11 Å². The van der Waals surface area contributed by atoms with E-state index in [0.717, 1.165) is 29.4 Å². The van der Waals surface area contributed by atoms with Gasteiger partial charge in [-0.05, 0) is 24.1 Å². The van der Waals surface area contributed by atoms with Crippen LogP contribution in [-0.4, -0.2) is 19.9 Å². The van der Waals surface area contributed by atoms with E-state index in [9.17, 15) is 5.11 Å². The van der Waals surface area contributed by atoms with Gasteiger partial charge < -0.3 is 9.67 Å². The van der Waals surface area contributed by atoms with Gasteiger partial charge in [0.2, 0.25) is 0 Å². The fraction of sp³-hybridized carbons (Fsp3) is 0.385. The standard InChI is InChI=1S/C13H16ClN3O/c1-2-6-17-12(15-16-13(17)9-18)8-10-4-3-5-11(14)7-10/h3-5,7,18H,2,6,8-9H2,1H3. The molecule has 0 atom stereocenters. The van der Waals surface area contributed by atoms with Gasteiger partial charge in [-0.2, -0.15) is 0 Å². The van der Waals surface area contributed by atoms with Crippen LogP contribution in [0.4, 0.5) is 0 Å². The summed E-state index contributed by atoms with van der Waals surface area (Å²) < 4.78 is 1.97. The molecule has 1 N–H and O–H groups in total. The van der Waals surface area contributed by atoms with Crippen LogP contribution in [0, 0.1) is 0 Å². The normalized spacial score (nSPS) is 10.8. The second-order valence-corrected chi connectivity index (χ2v) is 4.59. The topological polar surface area (TPSA) is 50.9 Å². The van der Waals surface area contributed by atoms with Crippen molar-refractivity contribution in [2.24, 2.45) is 0 Å². The van der Waals surface area contributed by atoms with Gasteiger partial charge in [-0.25, -0.2) is 0 Å². The second kappa shape index (κ2) is 5.98. The minimum absolute atomic E-state index is 0.0808. The second-order valence-electron chi connectivity index (χ2n) is 4.15. The van der Waals surface area contributed by atoms with Crippen molar-refractivity contribution in [2.75, 3.05) is 0 Å². The number of benzene rings is 1. The third-order valence-corrected chi connectivity index (χ3v) is 2.98. The Hall–Kier alpha value is -1.39. The number of hydrogen-bond donors (Lipinski definition) is 1. The molecular formula is C13H16ClN3O. The molecule has 0 saturated carbocycles. The fourth-order valence-electron chi connectivity index (χ4n) is 1.93. The zero-order valence-electron chi connectivity index (χ0n) is 10.3. The number of halogens is 1. The smallest absolute Gasteiger partial charge is 0.158 e. The highest BCUT2D eigenvalue weighted by Gasteiger charge is 2.11. The van der Waals surface area contributed by atoms with E-state index in [1.807, 2.05) is 28.8 Å². The molecule has 5 heteroatoms. The molecule has 1 aromatic carbocycles. The molecule has 0 radical (unpaired) electrons. The van der Waals surface area contributed by atoms with Crippen LogP contribution in [0.1, 0.15) is 30.6 Å². The fourth-order valence-corrected chi connectivity index (χ4v) is 2.14. The number of aromatic nitrogens is 3. The lowest BCUT2D eigenvalue weighted by Crippen LogP contribution is -2.08. The average molecular weight is 266 g/mol. The third-order valence-electron chi connectivity index (χ3n) is 2.74. The van der Waals surface area contributed by atoms with Gasteiger partial charge in [0.15, 0.2) is 5.82 Å². The molecule has 4 nitrogen and oxygen atoms in total. The first-order valence-corrected chi connectivity index (χ1v) is 6.38. The van der Waals surface area contributed by atoms with Crippen LogP contribution >= 0.6 is 11.6 Å². The summed E-state index contributed by atoms with van der Waals surface area (Å²) in [5.74, 6) is 1.48. The first-order chi connectivity index (χ1) is 8.74. The minimum Gasteiger partial charge on any atom is -0.388 e. The minimum atomic E-state index is -0.0808. The van der Waals surface area contributed by atoms with Crippen molar-refractivity contribution in [1.29, 1.82) is 0 Å². The maximum absolute atomic E-state index is 9.22. The highest BCUT2D eigenvalue weighted by atomic mass is 35.5. The van der Waals surface area contributed by atoms with Gasteiger partial charge in [0, 0.05) is 18.0 Å². The summed E-state index contributed by atoms with van der Waals surface area (Å²) in [6.07, 6.45) is 1.65. The van der Waals surface area contributed by atoms with E-state index in [-0.39, 0.29) is 6.61 Å². The molecule has 0 amide bonds. The molecule has 0 bridgehead atoms. The van der Waals surface area contributed by atoms with Crippen molar-refractivity contribution in [1.82, 2.24) is 14.8 Å². The molecule has 0 aliphatic rings. The molecule has 0 aliphatic heterocycles. The highest BCUT2D eigenvalue weighted by Crippen LogP contribution is 2.15. The van der Waals surface area contributed by atoms with Crippen LogP contribution in [0.25, 0.3) is 0 Å². The van der Waals surface area contributed by atoms with Crippen LogP contribution < -0.4 is 0 Å². The molecule has 2 aromatic rings. The van der Waals surface area contributed by atoms with Crippen molar-refractivity contribution in [3.05, 3.63) is 46.5 Å². The van der Waals surface area contributed by atoms with Crippen molar-refractivity contribution >= 4 is 11.6 Å². The van der Waals surface area contributed by atoms with Crippen LogP contribution in [0.15, 0.2) is 24.3 Å². The van der Waals surface area contributed by atoms with E-state index < -0.39 is 0 Å². The van der Waals surface area contributed by atoms with Crippen LogP contribution in [-0.2, 0) is 19.6 Å². The Labute approximate surface area is 111 Å².